The molecular formula is C50H61N7O10S3. The van der Waals surface area contributed by atoms with E-state index in [4.69, 9.17) is 25.2 Å². The van der Waals surface area contributed by atoms with Gasteiger partial charge in [0.1, 0.15) is 0 Å². The molecule has 0 unspecified atom stereocenters. The second-order valence-electron chi connectivity index (χ2n) is 18.0. The lowest BCUT2D eigenvalue weighted by Crippen LogP contribution is -2.45. The van der Waals surface area contributed by atoms with Crippen molar-refractivity contribution in [1.29, 1.82) is 5.26 Å². The van der Waals surface area contributed by atoms with Crippen LogP contribution in [-0.2, 0) is 61.0 Å². The first kappa shape index (κ1) is 52.8. The topological polar surface area (TPSA) is 263 Å². The minimum absolute atomic E-state index is 0.0365. The van der Waals surface area contributed by atoms with Crippen molar-refractivity contribution in [3.8, 4) is 6.07 Å². The van der Waals surface area contributed by atoms with Crippen LogP contribution < -0.4 is 16.5 Å². The lowest BCUT2D eigenvalue weighted by molar-refractivity contribution is 0.0281. The standard InChI is InChI=1S/C18H21N3O3S.C16H20N2O4S.C16H20N2O3S/c19-7-8-20-17(18-6-3-9-24-18)13-25(22,23)12-14-10-15-4-1-2-5-16(15)21-11-14;19-18-15(16-6-3-7-22-16)11-23(20,21)10-12-8-13-4-1-2-5-14(13)17-9-12;17-14(16-6-3-7-21-16)11-22(19,20)10-12-8-13-4-1-2-5-15(13)18-9-12/h1-2,4-5,10-11,17-18,20H,3,6,8-9,12-13H2;1-2,4-5,8-9,15-16,18-19H,3,6-7,10-11H2;1-2,4-5,8-9,14,16H,3,6-7,10-11,17H2/t17-,18-;15-,16-;14-,16-/m111/s1. The first-order valence-electron chi connectivity index (χ1n) is 23.4. The van der Waals surface area contributed by atoms with Crippen LogP contribution in [0.5, 0.6) is 0 Å². The molecule has 374 valence electrons. The molecule has 0 bridgehead atoms. The quantitative estimate of drug-likeness (QED) is 0.0641. The van der Waals surface area contributed by atoms with Crippen LogP contribution in [0, 0.1) is 11.3 Å². The number of nitriles is 1. The van der Waals surface area contributed by atoms with Crippen molar-refractivity contribution < 1.29 is 44.7 Å². The van der Waals surface area contributed by atoms with Gasteiger partial charge in [-0.2, -0.15) is 10.7 Å². The maximum atomic E-state index is 12.7. The molecule has 3 aliphatic heterocycles. The number of hydroxylamine groups is 1. The Hall–Kier alpha value is -5.05. The molecule has 3 aromatic carbocycles. The summed E-state index contributed by atoms with van der Waals surface area (Å²) in [6.45, 7) is 2.03. The highest BCUT2D eigenvalue weighted by atomic mass is 32.2. The Balaban J connectivity index is 0.000000155. The molecule has 0 saturated carbocycles. The van der Waals surface area contributed by atoms with E-state index in [1.54, 1.807) is 18.6 Å². The van der Waals surface area contributed by atoms with Crippen molar-refractivity contribution in [2.75, 3.05) is 43.6 Å². The number of para-hydroxylation sites is 3. The molecule has 0 spiro atoms. The Morgan fingerprint density at radius 2 is 0.957 bits per heavy atom. The second kappa shape index (κ2) is 24.9. The van der Waals surface area contributed by atoms with Crippen molar-refractivity contribution >= 4 is 62.2 Å². The highest BCUT2D eigenvalue weighted by Gasteiger charge is 2.32. The Morgan fingerprint density at radius 1 is 0.586 bits per heavy atom. The predicted octanol–water partition coefficient (Wildman–Crippen LogP) is 5.14. The summed E-state index contributed by atoms with van der Waals surface area (Å²) in [5.74, 6) is -0.471. The number of aromatic nitrogens is 3. The summed E-state index contributed by atoms with van der Waals surface area (Å²) in [5, 5.41) is 23.8. The highest BCUT2D eigenvalue weighted by Crippen LogP contribution is 2.23. The van der Waals surface area contributed by atoms with Crippen LogP contribution in [0.4, 0.5) is 0 Å². The third-order valence-corrected chi connectivity index (χ3v) is 17.2. The molecule has 6 atom stereocenters. The highest BCUT2D eigenvalue weighted by molar-refractivity contribution is 7.91. The van der Waals surface area contributed by atoms with Gasteiger partial charge in [0.2, 0.25) is 0 Å². The monoisotopic (exact) mass is 1020 g/mol. The van der Waals surface area contributed by atoms with E-state index in [1.165, 1.54) is 0 Å². The molecule has 3 fully saturated rings. The van der Waals surface area contributed by atoms with Crippen LogP contribution in [0.2, 0.25) is 0 Å². The van der Waals surface area contributed by atoms with Crippen molar-refractivity contribution in [2.24, 2.45) is 5.73 Å². The van der Waals surface area contributed by atoms with E-state index in [0.29, 0.717) is 36.5 Å². The van der Waals surface area contributed by atoms with Gasteiger partial charge in [-0.15, -0.1) is 0 Å². The number of hydrogen-bond acceptors (Lipinski definition) is 17. The first-order chi connectivity index (χ1) is 33.7. The Bertz CT molecular complexity index is 3050. The number of pyridine rings is 3. The Morgan fingerprint density at radius 3 is 1.34 bits per heavy atom. The van der Waals surface area contributed by atoms with E-state index in [1.807, 2.05) is 97.1 Å². The van der Waals surface area contributed by atoms with Crippen molar-refractivity contribution in [2.45, 2.75) is 92.2 Å². The Kier molecular flexibility index (Phi) is 18.7. The second-order valence-corrected chi connectivity index (χ2v) is 24.3. The molecule has 70 heavy (non-hydrogen) atoms. The number of fused-ring (bicyclic) bond motifs is 3. The van der Waals surface area contributed by atoms with Gasteiger partial charge in [-0.25, -0.2) is 25.3 Å². The Labute approximate surface area is 409 Å². The van der Waals surface area contributed by atoms with Crippen LogP contribution in [-0.4, -0.2) is 125 Å². The molecule has 6 aromatic rings. The van der Waals surface area contributed by atoms with Gasteiger partial charge in [0.05, 0.1) is 88.0 Å². The summed E-state index contributed by atoms with van der Waals surface area (Å²) in [4.78, 5) is 12.9. The van der Waals surface area contributed by atoms with Gasteiger partial charge in [-0.1, -0.05) is 54.6 Å². The minimum atomic E-state index is -3.39. The fourth-order valence-corrected chi connectivity index (χ4v) is 13.8. The number of nitrogens with zero attached hydrogens (tertiary/aromatic N) is 4. The summed E-state index contributed by atoms with van der Waals surface area (Å²) in [5.41, 5.74) is 12.6. The van der Waals surface area contributed by atoms with E-state index < -0.39 is 41.6 Å². The van der Waals surface area contributed by atoms with Crippen LogP contribution in [0.3, 0.4) is 0 Å². The zero-order chi connectivity index (χ0) is 49.6. The number of sulfone groups is 3. The number of benzene rings is 3. The number of rotatable bonds is 18. The van der Waals surface area contributed by atoms with Crippen LogP contribution >= 0.6 is 0 Å². The summed E-state index contributed by atoms with van der Waals surface area (Å²) in [6.07, 6.45) is 9.45. The molecular weight excluding hydrogens is 955 g/mol. The molecule has 5 N–H and O–H groups in total. The normalized spacial score (nSPS) is 19.7. The average Bonchev–Trinajstić information content (AvgIpc) is 4.18. The van der Waals surface area contributed by atoms with Gasteiger partial charge in [0.25, 0.3) is 0 Å². The van der Waals surface area contributed by atoms with Crippen molar-refractivity contribution in [3.63, 3.8) is 0 Å². The third kappa shape index (κ3) is 15.7. The fraction of sp³-hybridized carbons (Fsp3) is 0.440. The molecule has 20 heteroatoms. The molecule has 3 saturated heterocycles. The zero-order valence-corrected chi connectivity index (χ0v) is 41.3. The fourth-order valence-electron chi connectivity index (χ4n) is 8.96. The third-order valence-electron chi connectivity index (χ3n) is 12.3. The van der Waals surface area contributed by atoms with Gasteiger partial charge in [0.15, 0.2) is 29.5 Å². The van der Waals surface area contributed by atoms with E-state index in [-0.39, 0.29) is 65.4 Å². The molecule has 17 nitrogen and oxygen atoms in total. The SMILES string of the molecule is N#CCN[C@H](CS(=O)(=O)Cc1cnc2ccccc2c1)[C@H]1CCCO1.N[C@H](CS(=O)(=O)Cc1cnc2ccccc2c1)[C@H]1CCCO1.O=S(=O)(Cc1cnc2ccccc2c1)C[C@@H](NO)[C@H]1CCCO1. The molecule has 3 aromatic heterocycles. The van der Waals surface area contributed by atoms with Gasteiger partial charge in [0, 0.05) is 66.7 Å². The van der Waals surface area contributed by atoms with Gasteiger partial charge < -0.3 is 25.2 Å². The lowest BCUT2D eigenvalue weighted by Gasteiger charge is -2.23. The molecule has 9 rings (SSSR count). The summed E-state index contributed by atoms with van der Waals surface area (Å²) >= 11 is 0. The maximum Gasteiger partial charge on any atom is 0.156 e. The number of hydrogen-bond donors (Lipinski definition) is 4. The summed E-state index contributed by atoms with van der Waals surface area (Å²) in [7, 11) is -10.0. The number of nitrogens with two attached hydrogens (primary N) is 1. The van der Waals surface area contributed by atoms with Crippen LogP contribution in [0.25, 0.3) is 32.7 Å². The van der Waals surface area contributed by atoms with Crippen molar-refractivity contribution in [1.82, 2.24) is 25.7 Å². The molecule has 0 radical (unpaired) electrons. The number of nitrogens with one attached hydrogen (secondary N) is 2. The van der Waals surface area contributed by atoms with E-state index >= 15 is 0 Å². The van der Waals surface area contributed by atoms with Crippen molar-refractivity contribution in [3.05, 3.63) is 126 Å². The largest absolute Gasteiger partial charge is 0.377 e. The summed E-state index contributed by atoms with van der Waals surface area (Å²) < 4.78 is 91.4. The van der Waals surface area contributed by atoms with Crippen LogP contribution in [0.1, 0.15) is 55.2 Å². The van der Waals surface area contributed by atoms with E-state index in [2.05, 4.69) is 25.7 Å². The number of ether oxygens (including phenoxy) is 3. The van der Waals surface area contributed by atoms with Gasteiger partial charge in [-0.3, -0.25) is 20.3 Å². The molecule has 6 heterocycles. The minimum Gasteiger partial charge on any atom is -0.377 e. The summed E-state index contributed by atoms with van der Waals surface area (Å²) in [6, 6.07) is 29.0. The smallest absolute Gasteiger partial charge is 0.156 e. The lowest BCUT2D eigenvalue weighted by atomic mass is 10.1. The van der Waals surface area contributed by atoms with E-state index in [9.17, 15) is 30.5 Å². The predicted molar refractivity (Wildman–Crippen MR) is 269 cm³/mol. The molecule has 0 aliphatic carbocycles. The van der Waals surface area contributed by atoms with Gasteiger partial charge >= 0.3 is 0 Å². The molecule has 0 amide bonds. The van der Waals surface area contributed by atoms with Crippen LogP contribution in [0.15, 0.2) is 110 Å². The average molecular weight is 1020 g/mol. The van der Waals surface area contributed by atoms with E-state index in [0.717, 1.165) is 71.2 Å². The zero-order valence-electron chi connectivity index (χ0n) is 38.9. The van der Waals surface area contributed by atoms with Gasteiger partial charge in [-0.05, 0) is 91.6 Å². The maximum absolute atomic E-state index is 12.7. The first-order valence-corrected chi connectivity index (χ1v) is 28.9. The molecule has 3 aliphatic rings.